The topological polar surface area (TPSA) is 29.5 Å². The number of hydrogen-bond acceptors (Lipinski definition) is 2. The Labute approximate surface area is 151 Å². The molecule has 0 aliphatic heterocycles. The van der Waals surface area contributed by atoms with Crippen LogP contribution in [0.1, 0.15) is 79.6 Å². The van der Waals surface area contributed by atoms with Crippen LogP contribution in [0.4, 0.5) is 0 Å². The van der Waals surface area contributed by atoms with E-state index in [0.717, 1.165) is 24.2 Å². The van der Waals surface area contributed by atoms with E-state index in [0.29, 0.717) is 18.1 Å². The molecule has 3 heteroatoms. The van der Waals surface area contributed by atoms with Crippen molar-refractivity contribution in [1.29, 1.82) is 0 Å². The van der Waals surface area contributed by atoms with E-state index in [4.69, 9.17) is 4.43 Å². The van der Waals surface area contributed by atoms with Gasteiger partial charge in [-0.1, -0.05) is 41.0 Å². The maximum Gasteiger partial charge on any atom is 0.192 e. The molecule has 2 fully saturated rings. The molecule has 2 aliphatic carbocycles. The molecule has 1 N–H and O–H groups in total. The van der Waals surface area contributed by atoms with Crippen LogP contribution in [-0.4, -0.2) is 26.1 Å². The van der Waals surface area contributed by atoms with Gasteiger partial charge in [-0.15, -0.1) is 0 Å². The van der Waals surface area contributed by atoms with Crippen LogP contribution in [0.15, 0.2) is 0 Å². The Morgan fingerprint density at radius 3 is 2.38 bits per heavy atom. The second-order valence-electron chi connectivity index (χ2n) is 8.93. The van der Waals surface area contributed by atoms with Gasteiger partial charge in [0.2, 0.25) is 0 Å². The predicted molar refractivity (Wildman–Crippen MR) is 106 cm³/mol. The lowest BCUT2D eigenvalue weighted by Crippen LogP contribution is -2.48. The SMILES string of the molecule is CC[Si](CC)(CC)O[C@H]1CCC[C@@]2(C)C1CC[C@@H]2C(C)CCCO. The van der Waals surface area contributed by atoms with Crippen LogP contribution >= 0.6 is 0 Å². The average Bonchev–Trinajstić information content (AvgIpc) is 2.95. The molecule has 142 valence electrons. The van der Waals surface area contributed by atoms with Crippen LogP contribution in [0.5, 0.6) is 0 Å². The predicted octanol–water partition coefficient (Wildman–Crippen LogP) is 6.00. The van der Waals surface area contributed by atoms with Crippen molar-refractivity contribution >= 4 is 8.32 Å². The Kier molecular flexibility index (Phi) is 7.40. The van der Waals surface area contributed by atoms with Gasteiger partial charge >= 0.3 is 0 Å². The Bertz CT molecular complexity index is 374. The number of rotatable bonds is 9. The molecule has 0 aromatic heterocycles. The average molecular weight is 355 g/mol. The first-order valence-corrected chi connectivity index (χ1v) is 13.3. The van der Waals surface area contributed by atoms with Crippen LogP contribution in [0.3, 0.4) is 0 Å². The Hall–Kier alpha value is 0.137. The molecule has 5 atom stereocenters. The molecule has 2 saturated carbocycles. The van der Waals surface area contributed by atoms with Gasteiger partial charge in [-0.25, -0.2) is 0 Å². The summed E-state index contributed by atoms with van der Waals surface area (Å²) < 4.78 is 7.01. The van der Waals surface area contributed by atoms with Crippen molar-refractivity contribution in [2.45, 2.75) is 104 Å². The summed E-state index contributed by atoms with van der Waals surface area (Å²) in [6, 6.07) is 3.82. The normalized spacial score (nSPS) is 35.0. The monoisotopic (exact) mass is 354 g/mol. The Balaban J connectivity index is 2.11. The lowest BCUT2D eigenvalue weighted by atomic mass is 9.61. The van der Waals surface area contributed by atoms with Gasteiger partial charge < -0.3 is 9.53 Å². The zero-order chi connectivity index (χ0) is 17.8. The lowest BCUT2D eigenvalue weighted by Gasteiger charge is -2.49. The largest absolute Gasteiger partial charge is 0.414 e. The smallest absolute Gasteiger partial charge is 0.192 e. The van der Waals surface area contributed by atoms with Gasteiger partial charge in [0.1, 0.15) is 0 Å². The molecular formula is C21H42O2Si. The molecule has 2 unspecified atom stereocenters. The lowest BCUT2D eigenvalue weighted by molar-refractivity contribution is -0.0206. The van der Waals surface area contributed by atoms with Crippen LogP contribution in [0.25, 0.3) is 0 Å². The molecule has 0 aromatic rings. The molecule has 0 bridgehead atoms. The number of aliphatic hydroxyl groups is 1. The van der Waals surface area contributed by atoms with Gasteiger partial charge in [-0.2, -0.15) is 0 Å². The van der Waals surface area contributed by atoms with Gasteiger partial charge in [0.05, 0.1) is 0 Å². The minimum Gasteiger partial charge on any atom is -0.414 e. The van der Waals surface area contributed by atoms with E-state index in [1.165, 1.54) is 56.7 Å². The first-order chi connectivity index (χ1) is 11.5. The van der Waals surface area contributed by atoms with Gasteiger partial charge in [-0.3, -0.25) is 0 Å². The molecule has 2 nitrogen and oxygen atoms in total. The van der Waals surface area contributed by atoms with E-state index in [9.17, 15) is 5.11 Å². The Morgan fingerprint density at radius 2 is 1.79 bits per heavy atom. The van der Waals surface area contributed by atoms with E-state index in [2.05, 4.69) is 34.6 Å². The van der Waals surface area contributed by atoms with E-state index in [-0.39, 0.29) is 0 Å². The molecule has 0 radical (unpaired) electrons. The second kappa shape index (κ2) is 8.68. The third kappa shape index (κ3) is 3.93. The molecular weight excluding hydrogens is 312 g/mol. The highest BCUT2D eigenvalue weighted by Crippen LogP contribution is 2.59. The van der Waals surface area contributed by atoms with Crippen molar-refractivity contribution in [2.24, 2.45) is 23.2 Å². The van der Waals surface area contributed by atoms with Crippen molar-refractivity contribution in [3.05, 3.63) is 0 Å². The number of fused-ring (bicyclic) bond motifs is 1. The van der Waals surface area contributed by atoms with E-state index in [1.54, 1.807) is 0 Å². The van der Waals surface area contributed by atoms with Crippen molar-refractivity contribution in [3.8, 4) is 0 Å². The summed E-state index contributed by atoms with van der Waals surface area (Å²) in [7, 11) is -1.50. The van der Waals surface area contributed by atoms with Crippen LogP contribution in [0, 0.1) is 23.2 Å². The fourth-order valence-corrected chi connectivity index (χ4v) is 9.10. The van der Waals surface area contributed by atoms with Crippen molar-refractivity contribution < 1.29 is 9.53 Å². The molecule has 0 spiro atoms. The highest BCUT2D eigenvalue weighted by Gasteiger charge is 2.53. The highest BCUT2D eigenvalue weighted by atomic mass is 28.4. The molecule has 2 aliphatic rings. The molecule has 0 amide bonds. The minimum atomic E-state index is -1.50. The maximum absolute atomic E-state index is 9.19. The number of hydrogen-bond donors (Lipinski definition) is 1. The molecule has 0 aromatic carbocycles. The number of aliphatic hydroxyl groups excluding tert-OH is 1. The quantitative estimate of drug-likeness (QED) is 0.514. The van der Waals surface area contributed by atoms with E-state index < -0.39 is 8.32 Å². The minimum absolute atomic E-state index is 0.348. The zero-order valence-corrected chi connectivity index (χ0v) is 17.9. The first-order valence-electron chi connectivity index (χ1n) is 10.7. The highest BCUT2D eigenvalue weighted by molar-refractivity contribution is 6.73. The summed E-state index contributed by atoms with van der Waals surface area (Å²) in [5, 5.41) is 9.19. The molecule has 2 rings (SSSR count). The van der Waals surface area contributed by atoms with E-state index >= 15 is 0 Å². The second-order valence-corrected chi connectivity index (χ2v) is 13.7. The third-order valence-electron chi connectivity index (χ3n) is 7.97. The van der Waals surface area contributed by atoms with Gasteiger partial charge in [-0.05, 0) is 79.8 Å². The van der Waals surface area contributed by atoms with Crippen molar-refractivity contribution in [3.63, 3.8) is 0 Å². The molecule has 0 heterocycles. The summed E-state index contributed by atoms with van der Waals surface area (Å²) in [5.41, 5.74) is 0.479. The van der Waals surface area contributed by atoms with Gasteiger partial charge in [0.15, 0.2) is 8.32 Å². The standard InChI is InChI=1S/C21H42O2Si/c1-6-24(7-2,8-3)23-20-12-9-15-21(5)18(13-14-19(20)21)17(4)11-10-16-22/h17-20,22H,6-16H2,1-5H3/t17?,18-,19?,20+,21-/m1/s1. The summed E-state index contributed by atoms with van der Waals surface area (Å²) in [5.74, 6) is 2.36. The first kappa shape index (κ1) is 20.4. The third-order valence-corrected chi connectivity index (χ3v) is 12.6. The van der Waals surface area contributed by atoms with Crippen LogP contribution < -0.4 is 0 Å². The maximum atomic E-state index is 9.19. The molecule has 24 heavy (non-hydrogen) atoms. The fraction of sp³-hybridized carbons (Fsp3) is 1.00. The summed E-state index contributed by atoms with van der Waals surface area (Å²) >= 11 is 0. The van der Waals surface area contributed by atoms with Crippen molar-refractivity contribution in [2.75, 3.05) is 6.61 Å². The van der Waals surface area contributed by atoms with Crippen LogP contribution in [-0.2, 0) is 4.43 Å². The van der Waals surface area contributed by atoms with E-state index in [1.807, 2.05) is 0 Å². The van der Waals surface area contributed by atoms with Crippen molar-refractivity contribution in [1.82, 2.24) is 0 Å². The van der Waals surface area contributed by atoms with Gasteiger partial charge in [0.25, 0.3) is 0 Å². The molecule has 0 saturated heterocycles. The Morgan fingerprint density at radius 1 is 1.12 bits per heavy atom. The summed E-state index contributed by atoms with van der Waals surface area (Å²) in [4.78, 5) is 0. The van der Waals surface area contributed by atoms with Gasteiger partial charge in [0, 0.05) is 12.7 Å². The fourth-order valence-electron chi connectivity index (χ4n) is 6.17. The summed E-state index contributed by atoms with van der Waals surface area (Å²) in [6.07, 6.45) is 9.48. The van der Waals surface area contributed by atoms with Crippen LogP contribution in [0.2, 0.25) is 18.1 Å². The summed E-state index contributed by atoms with van der Waals surface area (Å²) in [6.45, 7) is 12.4. The zero-order valence-electron chi connectivity index (χ0n) is 16.9.